The molecule has 0 radical (unpaired) electrons. The summed E-state index contributed by atoms with van der Waals surface area (Å²) in [5, 5.41) is 8.87. The van der Waals surface area contributed by atoms with Gasteiger partial charge >= 0.3 is 5.97 Å². The molecule has 0 aromatic carbocycles. The van der Waals surface area contributed by atoms with Gasteiger partial charge in [0, 0.05) is 19.8 Å². The van der Waals surface area contributed by atoms with E-state index >= 15 is 0 Å². The lowest BCUT2D eigenvalue weighted by molar-refractivity contribution is 0.0690. The number of hydrogen-bond acceptors (Lipinski definition) is 2. The van der Waals surface area contributed by atoms with Crippen LogP contribution in [-0.2, 0) is 0 Å². The van der Waals surface area contributed by atoms with Crippen molar-refractivity contribution in [1.82, 2.24) is 9.88 Å². The fraction of sp³-hybridized carbons (Fsp3) is 0.400. The molecule has 5 heteroatoms. The fourth-order valence-corrected chi connectivity index (χ4v) is 1.51. The van der Waals surface area contributed by atoms with E-state index in [0.717, 1.165) is 0 Å². The van der Waals surface area contributed by atoms with E-state index in [1.807, 2.05) is 0 Å². The number of carbonyl (C=O) groups is 2. The van der Waals surface area contributed by atoms with Gasteiger partial charge in [-0.15, -0.1) is 0 Å². The molecule has 1 rings (SSSR count). The molecule has 0 saturated heterocycles. The summed E-state index contributed by atoms with van der Waals surface area (Å²) in [6, 6.07) is 0. The molecule has 0 atom stereocenters. The number of nitrogens with one attached hydrogen (secondary N) is 1. The van der Waals surface area contributed by atoms with Crippen LogP contribution in [0.2, 0.25) is 0 Å². The number of nitrogens with zero attached hydrogens (tertiary/aromatic N) is 1. The quantitative estimate of drug-likeness (QED) is 0.765. The van der Waals surface area contributed by atoms with Crippen molar-refractivity contribution in [3.8, 4) is 0 Å². The molecule has 1 amide bonds. The van der Waals surface area contributed by atoms with Crippen LogP contribution < -0.4 is 0 Å². The Labute approximate surface area is 87.7 Å². The van der Waals surface area contributed by atoms with Gasteiger partial charge < -0.3 is 15.0 Å². The molecular weight excluding hydrogens is 196 g/mol. The van der Waals surface area contributed by atoms with Crippen LogP contribution in [0, 0.1) is 13.8 Å². The number of rotatable bonds is 2. The number of aromatic carboxylic acids is 1. The number of carboxylic acids is 1. The molecule has 1 aromatic rings. The molecule has 5 nitrogen and oxygen atoms in total. The lowest BCUT2D eigenvalue weighted by atomic mass is 10.1. The highest BCUT2D eigenvalue weighted by atomic mass is 16.4. The van der Waals surface area contributed by atoms with Gasteiger partial charge in [-0.1, -0.05) is 0 Å². The molecule has 0 aliphatic heterocycles. The third kappa shape index (κ3) is 1.86. The van der Waals surface area contributed by atoms with Gasteiger partial charge in [-0.3, -0.25) is 4.79 Å². The Hall–Kier alpha value is -1.78. The molecule has 0 fully saturated rings. The van der Waals surface area contributed by atoms with Crippen molar-refractivity contribution in [1.29, 1.82) is 0 Å². The normalized spacial score (nSPS) is 10.1. The second-order valence-corrected chi connectivity index (χ2v) is 3.63. The molecule has 0 unspecified atom stereocenters. The minimum absolute atomic E-state index is 0.0812. The third-order valence-electron chi connectivity index (χ3n) is 2.27. The third-order valence-corrected chi connectivity index (χ3v) is 2.27. The zero-order valence-corrected chi connectivity index (χ0v) is 9.21. The molecule has 0 bridgehead atoms. The molecule has 1 aromatic heterocycles. The number of amides is 1. The van der Waals surface area contributed by atoms with Crippen LogP contribution in [0.3, 0.4) is 0 Å². The summed E-state index contributed by atoms with van der Waals surface area (Å²) in [6.45, 7) is 3.32. The van der Waals surface area contributed by atoms with Crippen molar-refractivity contribution in [2.24, 2.45) is 0 Å². The topological polar surface area (TPSA) is 73.4 Å². The summed E-state index contributed by atoms with van der Waals surface area (Å²) >= 11 is 0. The Morgan fingerprint density at radius 1 is 1.27 bits per heavy atom. The van der Waals surface area contributed by atoms with Gasteiger partial charge in [0.05, 0.1) is 5.56 Å². The molecule has 15 heavy (non-hydrogen) atoms. The van der Waals surface area contributed by atoms with Gasteiger partial charge in [0.15, 0.2) is 0 Å². The number of carboxylic acid groups (broad SMARTS) is 1. The summed E-state index contributed by atoms with van der Waals surface area (Å²) in [7, 11) is 3.27. The first-order valence-corrected chi connectivity index (χ1v) is 4.50. The van der Waals surface area contributed by atoms with Crippen molar-refractivity contribution < 1.29 is 14.7 Å². The monoisotopic (exact) mass is 210 g/mol. The first kappa shape index (κ1) is 11.3. The van der Waals surface area contributed by atoms with Crippen LogP contribution >= 0.6 is 0 Å². The lowest BCUT2D eigenvalue weighted by Crippen LogP contribution is -2.22. The average Bonchev–Trinajstić information content (AvgIpc) is 2.41. The number of aryl methyl sites for hydroxylation is 1. The summed E-state index contributed by atoms with van der Waals surface area (Å²) in [5.74, 6) is -1.23. The summed E-state index contributed by atoms with van der Waals surface area (Å²) < 4.78 is 0. The van der Waals surface area contributed by atoms with E-state index in [9.17, 15) is 9.59 Å². The molecular formula is C10H14N2O3. The van der Waals surface area contributed by atoms with Gasteiger partial charge in [0.25, 0.3) is 5.91 Å². The molecule has 1 heterocycles. The minimum atomic E-state index is -1.05. The zero-order chi connectivity index (χ0) is 11.7. The van der Waals surface area contributed by atoms with E-state index < -0.39 is 5.97 Å². The average molecular weight is 210 g/mol. The molecule has 82 valence electrons. The second kappa shape index (κ2) is 3.76. The van der Waals surface area contributed by atoms with E-state index in [4.69, 9.17) is 5.11 Å². The Bertz CT molecular complexity index is 419. The molecule has 0 aliphatic carbocycles. The predicted octanol–water partition coefficient (Wildman–Crippen LogP) is 1.03. The van der Waals surface area contributed by atoms with Crippen LogP contribution in [0.4, 0.5) is 0 Å². The van der Waals surface area contributed by atoms with Gasteiger partial charge in [-0.05, 0) is 19.4 Å². The van der Waals surface area contributed by atoms with Gasteiger partial charge in [0.2, 0.25) is 0 Å². The van der Waals surface area contributed by atoms with Crippen LogP contribution in [0.15, 0.2) is 0 Å². The van der Waals surface area contributed by atoms with Crippen molar-refractivity contribution in [2.75, 3.05) is 14.1 Å². The first-order chi connectivity index (χ1) is 6.86. The largest absolute Gasteiger partial charge is 0.477 e. The zero-order valence-electron chi connectivity index (χ0n) is 9.21. The lowest BCUT2D eigenvalue weighted by Gasteiger charge is -2.10. The molecule has 0 spiro atoms. The Morgan fingerprint density at radius 3 is 2.13 bits per heavy atom. The van der Waals surface area contributed by atoms with E-state index in [2.05, 4.69) is 4.98 Å². The Morgan fingerprint density at radius 2 is 1.80 bits per heavy atom. The highest BCUT2D eigenvalue weighted by Crippen LogP contribution is 2.18. The van der Waals surface area contributed by atoms with Crippen molar-refractivity contribution in [3.63, 3.8) is 0 Å². The molecule has 2 N–H and O–H groups in total. The number of hydrogen-bond donors (Lipinski definition) is 2. The second-order valence-electron chi connectivity index (χ2n) is 3.63. The number of aromatic amines is 1. The van der Waals surface area contributed by atoms with Gasteiger partial charge in [0.1, 0.15) is 5.69 Å². The van der Waals surface area contributed by atoms with E-state index in [0.29, 0.717) is 16.8 Å². The summed E-state index contributed by atoms with van der Waals surface area (Å²) in [6.07, 6.45) is 0. The van der Waals surface area contributed by atoms with E-state index in [1.54, 1.807) is 27.9 Å². The van der Waals surface area contributed by atoms with E-state index in [-0.39, 0.29) is 11.6 Å². The maximum Gasteiger partial charge on any atom is 0.352 e. The highest BCUT2D eigenvalue weighted by Gasteiger charge is 2.22. The number of carbonyl (C=O) groups excluding carboxylic acids is 1. The van der Waals surface area contributed by atoms with Crippen molar-refractivity contribution >= 4 is 11.9 Å². The SMILES string of the molecule is Cc1[nH]c(C(=O)O)c(C)c1C(=O)N(C)C. The Kier molecular flexibility index (Phi) is 2.83. The van der Waals surface area contributed by atoms with Crippen molar-refractivity contribution in [2.45, 2.75) is 13.8 Å². The molecule has 0 aliphatic rings. The minimum Gasteiger partial charge on any atom is -0.477 e. The standard InChI is InChI=1S/C10H14N2O3/c1-5-7(9(13)12(3)4)6(2)11-8(5)10(14)15/h11H,1-4H3,(H,14,15). The van der Waals surface area contributed by atoms with E-state index in [1.165, 1.54) is 4.90 Å². The fourth-order valence-electron chi connectivity index (χ4n) is 1.51. The summed E-state index contributed by atoms with van der Waals surface area (Å²) in [5.41, 5.74) is 1.59. The summed E-state index contributed by atoms with van der Waals surface area (Å²) in [4.78, 5) is 26.7. The maximum absolute atomic E-state index is 11.7. The highest BCUT2D eigenvalue weighted by molar-refractivity contribution is 6.00. The first-order valence-electron chi connectivity index (χ1n) is 4.50. The van der Waals surface area contributed by atoms with Crippen LogP contribution in [0.25, 0.3) is 0 Å². The smallest absolute Gasteiger partial charge is 0.352 e. The number of aromatic nitrogens is 1. The number of H-pyrrole nitrogens is 1. The van der Waals surface area contributed by atoms with Gasteiger partial charge in [-0.25, -0.2) is 4.79 Å². The van der Waals surface area contributed by atoms with Crippen LogP contribution in [0.1, 0.15) is 32.1 Å². The van der Waals surface area contributed by atoms with Gasteiger partial charge in [-0.2, -0.15) is 0 Å². The maximum atomic E-state index is 11.7. The Balaban J connectivity index is 3.31. The molecule has 0 saturated carbocycles. The van der Waals surface area contributed by atoms with Crippen LogP contribution in [0.5, 0.6) is 0 Å². The van der Waals surface area contributed by atoms with Crippen LogP contribution in [-0.4, -0.2) is 41.0 Å². The predicted molar refractivity (Wildman–Crippen MR) is 55.2 cm³/mol. The van der Waals surface area contributed by atoms with Crippen molar-refractivity contribution in [3.05, 3.63) is 22.5 Å².